The van der Waals surface area contributed by atoms with E-state index in [1.807, 2.05) is 12.2 Å². The summed E-state index contributed by atoms with van der Waals surface area (Å²) in [4.78, 5) is 8.14. The van der Waals surface area contributed by atoms with Crippen LogP contribution < -0.4 is 9.47 Å². The van der Waals surface area contributed by atoms with E-state index in [1.165, 1.54) is 0 Å². The van der Waals surface area contributed by atoms with Crippen LogP contribution in [0.3, 0.4) is 0 Å². The van der Waals surface area contributed by atoms with E-state index >= 15 is 0 Å². The molecule has 0 radical (unpaired) electrons. The third-order valence-electron chi connectivity index (χ3n) is 2.30. The number of allylic oxidation sites excluding steroid dienone is 2. The third kappa shape index (κ3) is 1.66. The van der Waals surface area contributed by atoms with Crippen LogP contribution in [0.2, 0.25) is 0 Å². The van der Waals surface area contributed by atoms with Crippen LogP contribution in [-0.4, -0.2) is 22.2 Å². The maximum Gasteiger partial charge on any atom is 0.278 e. The average molecular weight is 346 g/mol. The zero-order valence-corrected chi connectivity index (χ0v) is 11.1. The second kappa shape index (κ2) is 3.85. The fraction of sp³-hybridized carbons (Fsp3) is 0.200. The summed E-state index contributed by atoms with van der Waals surface area (Å²) in [5.41, 5.74) is 0. The molecular weight excluding hydrogens is 340 g/mol. The number of fused-ring (bicyclic) bond motifs is 2. The van der Waals surface area contributed by atoms with Crippen molar-refractivity contribution in [1.82, 2.24) is 9.97 Å². The fourth-order valence-corrected chi connectivity index (χ4v) is 2.36. The van der Waals surface area contributed by atoms with Gasteiger partial charge >= 0.3 is 0 Å². The van der Waals surface area contributed by atoms with Crippen molar-refractivity contribution in [3.63, 3.8) is 0 Å². The Bertz CT molecular complexity index is 456. The van der Waals surface area contributed by atoms with Crippen LogP contribution in [0.25, 0.3) is 0 Å². The molecule has 0 spiro atoms. The van der Waals surface area contributed by atoms with E-state index < -0.39 is 0 Å². The first kappa shape index (κ1) is 10.3. The Morgan fingerprint density at radius 3 is 1.75 bits per heavy atom. The second-order valence-electron chi connectivity index (χ2n) is 3.36. The van der Waals surface area contributed by atoms with Crippen LogP contribution in [0.1, 0.15) is 0 Å². The topological polar surface area (TPSA) is 44.2 Å². The van der Waals surface area contributed by atoms with Gasteiger partial charge in [-0.1, -0.05) is 0 Å². The van der Waals surface area contributed by atoms with E-state index in [-0.39, 0.29) is 12.2 Å². The molecule has 0 saturated carbocycles. The summed E-state index contributed by atoms with van der Waals surface area (Å²) < 4.78 is 13.3. The number of hydrogen-bond donors (Lipinski definition) is 0. The molecule has 0 aromatic carbocycles. The molecular formula is C10H6Br2N2O2. The lowest BCUT2D eigenvalue weighted by Gasteiger charge is -2.31. The normalized spacial score (nSPS) is 26.6. The van der Waals surface area contributed by atoms with Crippen LogP contribution in [-0.2, 0) is 0 Å². The summed E-state index contributed by atoms with van der Waals surface area (Å²) in [5, 5.41) is 0. The minimum Gasteiger partial charge on any atom is -0.462 e. The molecule has 1 aromatic heterocycles. The summed E-state index contributed by atoms with van der Waals surface area (Å²) in [6, 6.07) is 0. The molecule has 2 aliphatic rings. The summed E-state index contributed by atoms with van der Waals surface area (Å²) in [6.45, 7) is 0. The van der Waals surface area contributed by atoms with Gasteiger partial charge in [-0.2, -0.15) is 0 Å². The molecule has 16 heavy (non-hydrogen) atoms. The van der Waals surface area contributed by atoms with Gasteiger partial charge in [0.05, 0.1) is 0 Å². The lowest BCUT2D eigenvalue weighted by Crippen LogP contribution is -2.39. The highest BCUT2D eigenvalue weighted by atomic mass is 79.9. The van der Waals surface area contributed by atoms with Crippen molar-refractivity contribution in [3.8, 4) is 11.8 Å². The minimum absolute atomic E-state index is 0.167. The molecule has 1 aliphatic carbocycles. The van der Waals surface area contributed by atoms with Crippen LogP contribution in [0.4, 0.5) is 0 Å². The van der Waals surface area contributed by atoms with Gasteiger partial charge in [-0.15, -0.1) is 0 Å². The predicted molar refractivity (Wildman–Crippen MR) is 64.9 cm³/mol. The molecule has 2 atom stereocenters. The third-order valence-corrected chi connectivity index (χ3v) is 4.22. The maximum atomic E-state index is 5.68. The van der Waals surface area contributed by atoms with Crippen LogP contribution in [0.5, 0.6) is 11.8 Å². The van der Waals surface area contributed by atoms with E-state index in [4.69, 9.17) is 9.47 Å². The van der Waals surface area contributed by atoms with Crippen molar-refractivity contribution < 1.29 is 9.47 Å². The average Bonchev–Trinajstić information content (AvgIpc) is 2.28. The Balaban J connectivity index is 1.99. The minimum atomic E-state index is -0.167. The van der Waals surface area contributed by atoms with E-state index in [1.54, 1.807) is 12.4 Å². The van der Waals surface area contributed by atoms with Gasteiger partial charge < -0.3 is 9.47 Å². The molecule has 3 rings (SSSR count). The van der Waals surface area contributed by atoms with Gasteiger partial charge in [-0.25, -0.2) is 9.97 Å². The first-order chi connectivity index (χ1) is 7.74. The highest BCUT2D eigenvalue weighted by molar-refractivity contribution is 9.15. The first-order valence-electron chi connectivity index (χ1n) is 4.63. The molecule has 0 bridgehead atoms. The van der Waals surface area contributed by atoms with Gasteiger partial charge in [0.15, 0.2) is 12.2 Å². The molecule has 0 amide bonds. The Morgan fingerprint density at radius 2 is 1.31 bits per heavy atom. The number of ether oxygens (including phenoxy) is 2. The van der Waals surface area contributed by atoms with Crippen molar-refractivity contribution in [3.05, 3.63) is 33.5 Å². The second-order valence-corrected chi connectivity index (χ2v) is 5.07. The summed E-state index contributed by atoms with van der Waals surface area (Å²) >= 11 is 6.86. The zero-order valence-electron chi connectivity index (χ0n) is 7.93. The van der Waals surface area contributed by atoms with Gasteiger partial charge in [0, 0.05) is 21.4 Å². The Morgan fingerprint density at radius 1 is 0.875 bits per heavy atom. The number of aromatic nitrogens is 2. The van der Waals surface area contributed by atoms with Crippen LogP contribution >= 0.6 is 31.9 Å². The van der Waals surface area contributed by atoms with Gasteiger partial charge in [-0.05, 0) is 44.0 Å². The van der Waals surface area contributed by atoms with Gasteiger partial charge in [0.25, 0.3) is 11.8 Å². The highest BCUT2D eigenvalue weighted by Crippen LogP contribution is 2.36. The maximum absolute atomic E-state index is 5.68. The lowest BCUT2D eigenvalue weighted by atomic mass is 10.1. The Labute approximate surface area is 109 Å². The summed E-state index contributed by atoms with van der Waals surface area (Å²) in [7, 11) is 0. The number of rotatable bonds is 0. The Hall–Kier alpha value is -0.880. The Kier molecular flexibility index (Phi) is 2.48. The molecule has 0 N–H and O–H groups in total. The van der Waals surface area contributed by atoms with Crippen LogP contribution in [0.15, 0.2) is 33.5 Å². The number of hydrogen-bond acceptors (Lipinski definition) is 4. The first-order valence-corrected chi connectivity index (χ1v) is 6.22. The van der Waals surface area contributed by atoms with Crippen molar-refractivity contribution in [2.45, 2.75) is 12.2 Å². The van der Waals surface area contributed by atoms with Crippen LogP contribution in [0, 0.1) is 0 Å². The molecule has 1 aromatic rings. The summed E-state index contributed by atoms with van der Waals surface area (Å²) in [5.74, 6) is 0.874. The van der Waals surface area contributed by atoms with E-state index in [0.717, 1.165) is 8.96 Å². The smallest absolute Gasteiger partial charge is 0.278 e. The van der Waals surface area contributed by atoms with Crippen molar-refractivity contribution in [2.75, 3.05) is 0 Å². The molecule has 1 aliphatic heterocycles. The standard InChI is InChI=1S/C10H6Br2N2O2/c11-5-3-7-8(4-6(5)12)16-10-9(15-7)13-1-2-14-10/h1-4,7-8H. The molecule has 82 valence electrons. The highest BCUT2D eigenvalue weighted by Gasteiger charge is 2.33. The van der Waals surface area contributed by atoms with Gasteiger partial charge in [0.1, 0.15) is 0 Å². The monoisotopic (exact) mass is 344 g/mol. The van der Waals surface area contributed by atoms with Crippen molar-refractivity contribution >= 4 is 31.9 Å². The SMILES string of the molecule is BrC1=CC2Oc3nccnc3OC2C=C1Br. The van der Waals surface area contributed by atoms with E-state index in [2.05, 4.69) is 41.8 Å². The lowest BCUT2D eigenvalue weighted by molar-refractivity contribution is 0.0645. The molecule has 0 saturated heterocycles. The predicted octanol–water partition coefficient (Wildman–Crippen LogP) is 2.56. The number of nitrogens with zero attached hydrogens (tertiary/aromatic N) is 2. The van der Waals surface area contributed by atoms with Gasteiger partial charge in [-0.3, -0.25) is 0 Å². The largest absolute Gasteiger partial charge is 0.462 e. The van der Waals surface area contributed by atoms with E-state index in [9.17, 15) is 0 Å². The molecule has 6 heteroatoms. The molecule has 2 heterocycles. The molecule has 2 unspecified atom stereocenters. The molecule has 0 fully saturated rings. The van der Waals surface area contributed by atoms with E-state index in [0.29, 0.717) is 11.8 Å². The zero-order chi connectivity index (χ0) is 11.1. The van der Waals surface area contributed by atoms with Crippen molar-refractivity contribution in [2.24, 2.45) is 0 Å². The summed E-state index contributed by atoms with van der Waals surface area (Å²) in [6.07, 6.45) is 6.70. The molecule has 4 nitrogen and oxygen atoms in total. The fourth-order valence-electron chi connectivity index (χ4n) is 1.57. The van der Waals surface area contributed by atoms with Crippen molar-refractivity contribution in [1.29, 1.82) is 0 Å². The van der Waals surface area contributed by atoms with Gasteiger partial charge in [0.2, 0.25) is 0 Å². The quantitative estimate of drug-likeness (QED) is 0.724. The number of halogens is 2.